The molecule has 0 bridgehead atoms. The molecule has 0 saturated carbocycles. The van der Waals surface area contributed by atoms with Gasteiger partial charge in [-0.05, 0) is 48.9 Å². The highest BCUT2D eigenvalue weighted by Crippen LogP contribution is 2.42. The van der Waals surface area contributed by atoms with Gasteiger partial charge in [0.25, 0.3) is 5.91 Å². The molecule has 32 heavy (non-hydrogen) atoms. The van der Waals surface area contributed by atoms with Crippen LogP contribution in [0, 0.1) is 6.92 Å². The van der Waals surface area contributed by atoms with Crippen molar-refractivity contribution in [1.29, 1.82) is 0 Å². The van der Waals surface area contributed by atoms with Crippen molar-refractivity contribution in [3.63, 3.8) is 0 Å². The summed E-state index contributed by atoms with van der Waals surface area (Å²) in [6, 6.07) is 19.3. The van der Waals surface area contributed by atoms with Gasteiger partial charge in [-0.2, -0.15) is 0 Å². The van der Waals surface area contributed by atoms with Crippen LogP contribution < -0.4 is 19.8 Å². The molecule has 1 aromatic heterocycles. The minimum atomic E-state index is -0.666. The number of aryl methyl sites for hydroxylation is 1. The number of carbonyl (C=O) groups is 1. The number of carbonyl (C=O) groups excluding carboxylic acids is 1. The molecule has 160 valence electrons. The Hall–Kier alpha value is -4.06. The number of methoxy groups -OCH3 is 2. The van der Waals surface area contributed by atoms with E-state index >= 15 is 0 Å². The van der Waals surface area contributed by atoms with Gasteiger partial charge in [0.15, 0.2) is 5.43 Å². The Morgan fingerprint density at radius 2 is 1.59 bits per heavy atom. The Balaban J connectivity index is 1.81. The zero-order valence-electron chi connectivity index (χ0n) is 17.9. The van der Waals surface area contributed by atoms with E-state index in [9.17, 15) is 9.59 Å². The SMILES string of the molecule is COc1cccc(C2c3c(oc4ccc(C)cc4c3=O)C(=O)N2c2cccc(OC)c2)c1. The molecule has 0 saturated heterocycles. The van der Waals surface area contributed by atoms with E-state index in [-0.39, 0.29) is 17.1 Å². The van der Waals surface area contributed by atoms with Crippen molar-refractivity contribution >= 4 is 22.6 Å². The van der Waals surface area contributed by atoms with Gasteiger partial charge in [-0.25, -0.2) is 0 Å². The first-order valence-electron chi connectivity index (χ1n) is 10.2. The van der Waals surface area contributed by atoms with Crippen LogP contribution in [-0.2, 0) is 0 Å². The molecule has 0 aliphatic carbocycles. The molecule has 0 fully saturated rings. The molecule has 0 N–H and O–H groups in total. The van der Waals surface area contributed by atoms with Crippen LogP contribution >= 0.6 is 0 Å². The average molecular weight is 427 g/mol. The molecule has 1 aliphatic rings. The molecule has 1 amide bonds. The summed E-state index contributed by atoms with van der Waals surface area (Å²) >= 11 is 0. The quantitative estimate of drug-likeness (QED) is 0.465. The maximum atomic E-state index is 13.7. The highest BCUT2D eigenvalue weighted by molar-refractivity contribution is 6.10. The molecule has 1 aliphatic heterocycles. The predicted octanol–water partition coefficient (Wildman–Crippen LogP) is 4.87. The highest BCUT2D eigenvalue weighted by Gasteiger charge is 2.43. The number of amides is 1. The molecule has 2 heterocycles. The van der Waals surface area contributed by atoms with Crippen LogP contribution in [0.25, 0.3) is 11.0 Å². The standard InChI is InChI=1S/C26H21NO5/c1-15-10-11-21-20(12-15)24(28)22-23(16-6-4-8-18(13-16)30-2)27(26(29)25(22)32-21)17-7-5-9-19(14-17)31-3/h4-14,23H,1-3H3. The fourth-order valence-corrected chi connectivity index (χ4v) is 4.24. The average Bonchev–Trinajstić information content (AvgIpc) is 3.12. The summed E-state index contributed by atoms with van der Waals surface area (Å²) in [4.78, 5) is 28.9. The first kappa shape index (κ1) is 19.9. The van der Waals surface area contributed by atoms with Gasteiger partial charge >= 0.3 is 0 Å². The molecule has 0 spiro atoms. The molecule has 4 aromatic rings. The van der Waals surface area contributed by atoms with Crippen LogP contribution in [0.4, 0.5) is 5.69 Å². The Morgan fingerprint density at radius 3 is 2.34 bits per heavy atom. The second-order valence-electron chi connectivity index (χ2n) is 7.73. The van der Waals surface area contributed by atoms with Crippen molar-refractivity contribution < 1.29 is 18.7 Å². The van der Waals surface area contributed by atoms with Crippen LogP contribution in [-0.4, -0.2) is 20.1 Å². The monoisotopic (exact) mass is 427 g/mol. The van der Waals surface area contributed by atoms with Gasteiger partial charge in [-0.15, -0.1) is 0 Å². The fraction of sp³-hybridized carbons (Fsp3) is 0.154. The van der Waals surface area contributed by atoms with Crippen molar-refractivity contribution in [2.24, 2.45) is 0 Å². The van der Waals surface area contributed by atoms with Crippen LogP contribution in [0.3, 0.4) is 0 Å². The third-order valence-corrected chi connectivity index (χ3v) is 5.77. The Bertz CT molecular complexity index is 1420. The zero-order valence-corrected chi connectivity index (χ0v) is 17.9. The van der Waals surface area contributed by atoms with E-state index in [0.29, 0.717) is 33.7 Å². The van der Waals surface area contributed by atoms with E-state index in [0.717, 1.165) is 11.1 Å². The second kappa shape index (κ2) is 7.57. The molecule has 6 nitrogen and oxygen atoms in total. The van der Waals surface area contributed by atoms with E-state index < -0.39 is 6.04 Å². The van der Waals surface area contributed by atoms with E-state index in [2.05, 4.69) is 0 Å². The number of hydrogen-bond donors (Lipinski definition) is 0. The van der Waals surface area contributed by atoms with Gasteiger partial charge in [-0.3, -0.25) is 14.5 Å². The van der Waals surface area contributed by atoms with Crippen molar-refractivity contribution in [2.75, 3.05) is 19.1 Å². The van der Waals surface area contributed by atoms with E-state index in [1.807, 2.05) is 49.4 Å². The van der Waals surface area contributed by atoms with Crippen LogP contribution in [0.1, 0.15) is 33.3 Å². The van der Waals surface area contributed by atoms with E-state index in [1.165, 1.54) is 0 Å². The molecule has 3 aromatic carbocycles. The number of fused-ring (bicyclic) bond motifs is 2. The largest absolute Gasteiger partial charge is 0.497 e. The van der Waals surface area contributed by atoms with Gasteiger partial charge in [0.05, 0.1) is 31.2 Å². The Labute approximate surface area is 184 Å². The Kier molecular flexibility index (Phi) is 4.70. The van der Waals surface area contributed by atoms with Crippen LogP contribution in [0.15, 0.2) is 75.9 Å². The predicted molar refractivity (Wildman–Crippen MR) is 122 cm³/mol. The lowest BCUT2D eigenvalue weighted by atomic mass is 9.97. The number of rotatable bonds is 4. The van der Waals surface area contributed by atoms with Crippen LogP contribution in [0.2, 0.25) is 0 Å². The van der Waals surface area contributed by atoms with E-state index in [4.69, 9.17) is 13.9 Å². The van der Waals surface area contributed by atoms with Crippen molar-refractivity contribution in [3.05, 3.63) is 99.4 Å². The molecule has 5 rings (SSSR count). The van der Waals surface area contributed by atoms with Gasteiger partial charge in [0.2, 0.25) is 5.76 Å². The third kappa shape index (κ3) is 3.03. The second-order valence-corrected chi connectivity index (χ2v) is 7.73. The lowest BCUT2D eigenvalue weighted by Crippen LogP contribution is -2.29. The molecular formula is C26H21NO5. The summed E-state index contributed by atoms with van der Waals surface area (Å²) in [6.45, 7) is 1.92. The molecular weight excluding hydrogens is 406 g/mol. The number of anilines is 1. The molecule has 1 unspecified atom stereocenters. The number of benzene rings is 3. The summed E-state index contributed by atoms with van der Waals surface area (Å²) in [6.07, 6.45) is 0. The molecule has 1 atom stereocenters. The minimum absolute atomic E-state index is 0.0574. The van der Waals surface area contributed by atoms with Crippen molar-refractivity contribution in [2.45, 2.75) is 13.0 Å². The molecule has 0 radical (unpaired) electrons. The van der Waals surface area contributed by atoms with Crippen molar-refractivity contribution in [3.8, 4) is 11.5 Å². The lowest BCUT2D eigenvalue weighted by Gasteiger charge is -2.25. The van der Waals surface area contributed by atoms with Gasteiger partial charge < -0.3 is 13.9 Å². The lowest BCUT2D eigenvalue weighted by molar-refractivity contribution is 0.0971. The maximum Gasteiger partial charge on any atom is 0.295 e. The fourth-order valence-electron chi connectivity index (χ4n) is 4.24. The van der Waals surface area contributed by atoms with Gasteiger partial charge in [0.1, 0.15) is 17.1 Å². The normalized spacial score (nSPS) is 15.2. The third-order valence-electron chi connectivity index (χ3n) is 5.77. The zero-order chi connectivity index (χ0) is 22.4. The number of nitrogens with zero attached hydrogens (tertiary/aromatic N) is 1. The summed E-state index contributed by atoms with van der Waals surface area (Å²) < 4.78 is 16.8. The van der Waals surface area contributed by atoms with Gasteiger partial charge in [-0.1, -0.05) is 29.8 Å². The minimum Gasteiger partial charge on any atom is -0.497 e. The summed E-state index contributed by atoms with van der Waals surface area (Å²) in [5.74, 6) is 0.924. The summed E-state index contributed by atoms with van der Waals surface area (Å²) in [7, 11) is 3.15. The van der Waals surface area contributed by atoms with E-state index in [1.54, 1.807) is 43.4 Å². The summed E-state index contributed by atoms with van der Waals surface area (Å²) in [5, 5.41) is 0.455. The molecule has 6 heteroatoms. The first-order chi connectivity index (χ1) is 15.5. The Morgan fingerprint density at radius 1 is 0.875 bits per heavy atom. The number of hydrogen-bond acceptors (Lipinski definition) is 5. The topological polar surface area (TPSA) is 69.0 Å². The van der Waals surface area contributed by atoms with Crippen molar-refractivity contribution in [1.82, 2.24) is 0 Å². The van der Waals surface area contributed by atoms with Crippen LogP contribution in [0.5, 0.6) is 11.5 Å². The first-order valence-corrected chi connectivity index (χ1v) is 10.2. The maximum absolute atomic E-state index is 13.7. The highest BCUT2D eigenvalue weighted by atomic mass is 16.5. The number of ether oxygens (including phenoxy) is 2. The summed E-state index contributed by atoms with van der Waals surface area (Å²) in [5.41, 5.74) is 2.80. The smallest absolute Gasteiger partial charge is 0.295 e. The van der Waals surface area contributed by atoms with Gasteiger partial charge in [0, 0.05) is 11.8 Å².